The molecular weight excluding hydrogens is 333 g/mol. The number of hydrogen-bond donors (Lipinski definition) is 0. The molecule has 0 unspecified atom stereocenters. The second-order valence-electron chi connectivity index (χ2n) is 4.97. The molecule has 0 saturated carbocycles. The lowest BCUT2D eigenvalue weighted by Crippen LogP contribution is -2.15. The second kappa shape index (κ2) is 5.54. The summed E-state index contributed by atoms with van der Waals surface area (Å²) in [5.74, 6) is 0. The molecule has 0 bridgehead atoms. The zero-order valence-corrected chi connectivity index (χ0v) is 13.8. The third-order valence-corrected chi connectivity index (χ3v) is 5.25. The van der Waals surface area contributed by atoms with Crippen LogP contribution in [-0.4, -0.2) is 0 Å². The summed E-state index contributed by atoms with van der Waals surface area (Å²) in [7, 11) is 0. The van der Waals surface area contributed by atoms with Crippen LogP contribution in [0.4, 0.5) is 17.1 Å². The highest BCUT2D eigenvalue weighted by Gasteiger charge is 2.25. The van der Waals surface area contributed by atoms with E-state index in [4.69, 9.17) is 23.2 Å². The van der Waals surface area contributed by atoms with Crippen molar-refractivity contribution < 1.29 is 0 Å². The Hall–Kier alpha value is -1.61. The lowest BCUT2D eigenvalue weighted by molar-refractivity contribution is 1.17. The molecule has 3 aromatic carbocycles. The molecule has 0 aromatic heterocycles. The Morgan fingerprint density at radius 2 is 1.27 bits per heavy atom. The van der Waals surface area contributed by atoms with Crippen LogP contribution in [0.5, 0.6) is 0 Å². The zero-order valence-electron chi connectivity index (χ0n) is 11.5. The van der Waals surface area contributed by atoms with Crippen LogP contribution in [0, 0.1) is 0 Å². The highest BCUT2D eigenvalue weighted by Crippen LogP contribution is 2.52. The largest absolute Gasteiger partial charge is 0.307 e. The summed E-state index contributed by atoms with van der Waals surface area (Å²) in [6, 6.07) is 22.3. The monoisotopic (exact) mass is 343 g/mol. The molecule has 0 spiro atoms. The van der Waals surface area contributed by atoms with Gasteiger partial charge in [-0.15, -0.1) is 0 Å². The predicted octanol–water partition coefficient (Wildman–Crippen LogP) is 6.93. The summed E-state index contributed by atoms with van der Waals surface area (Å²) in [4.78, 5) is 4.62. The van der Waals surface area contributed by atoms with Crippen LogP contribution >= 0.6 is 35.0 Å². The number of halogens is 2. The summed E-state index contributed by atoms with van der Waals surface area (Å²) >= 11 is 14.3. The zero-order chi connectivity index (χ0) is 15.1. The molecule has 1 aliphatic rings. The van der Waals surface area contributed by atoms with Gasteiger partial charge in [-0.3, -0.25) is 0 Å². The van der Waals surface area contributed by atoms with E-state index in [0.29, 0.717) is 10.0 Å². The van der Waals surface area contributed by atoms with E-state index in [1.807, 2.05) is 24.3 Å². The fourth-order valence-electron chi connectivity index (χ4n) is 2.63. The first-order valence-electron chi connectivity index (χ1n) is 6.85. The molecule has 0 saturated heterocycles. The second-order valence-corrected chi connectivity index (χ2v) is 6.90. The third kappa shape index (κ3) is 2.28. The van der Waals surface area contributed by atoms with Crippen LogP contribution in [0.3, 0.4) is 0 Å². The van der Waals surface area contributed by atoms with E-state index in [1.54, 1.807) is 17.8 Å². The first-order chi connectivity index (χ1) is 10.7. The van der Waals surface area contributed by atoms with E-state index in [2.05, 4.69) is 41.3 Å². The van der Waals surface area contributed by atoms with Gasteiger partial charge in [0.2, 0.25) is 0 Å². The molecule has 0 atom stereocenters. The van der Waals surface area contributed by atoms with Gasteiger partial charge in [-0.25, -0.2) is 0 Å². The number of para-hydroxylation sites is 2. The fourth-order valence-corrected chi connectivity index (χ4v) is 4.18. The van der Waals surface area contributed by atoms with Crippen molar-refractivity contribution in [2.75, 3.05) is 4.90 Å². The van der Waals surface area contributed by atoms with Crippen LogP contribution in [0.2, 0.25) is 10.0 Å². The number of nitrogens with zero attached hydrogens (tertiary/aromatic N) is 1. The number of rotatable bonds is 1. The van der Waals surface area contributed by atoms with Crippen LogP contribution in [-0.2, 0) is 0 Å². The van der Waals surface area contributed by atoms with Crippen molar-refractivity contribution in [1.82, 2.24) is 0 Å². The molecule has 0 N–H and O–H groups in total. The molecule has 0 amide bonds. The number of fused-ring (bicyclic) bond motifs is 2. The molecule has 4 rings (SSSR count). The Morgan fingerprint density at radius 1 is 0.682 bits per heavy atom. The van der Waals surface area contributed by atoms with Crippen molar-refractivity contribution in [1.29, 1.82) is 0 Å². The normalized spacial score (nSPS) is 12.7. The summed E-state index contributed by atoms with van der Waals surface area (Å²) in [5, 5.41) is 1.28. The van der Waals surface area contributed by atoms with Crippen LogP contribution < -0.4 is 4.90 Å². The average Bonchev–Trinajstić information content (AvgIpc) is 2.53. The Kier molecular flexibility index (Phi) is 3.53. The van der Waals surface area contributed by atoms with Crippen molar-refractivity contribution in [3.05, 3.63) is 76.8 Å². The fraction of sp³-hybridized carbons (Fsp3) is 0. The van der Waals surface area contributed by atoms with Crippen molar-refractivity contribution in [2.24, 2.45) is 0 Å². The van der Waals surface area contributed by atoms with Gasteiger partial charge in [0.1, 0.15) is 0 Å². The van der Waals surface area contributed by atoms with Gasteiger partial charge >= 0.3 is 0 Å². The molecule has 0 aliphatic carbocycles. The van der Waals surface area contributed by atoms with Gasteiger partial charge < -0.3 is 4.90 Å². The quantitative estimate of drug-likeness (QED) is 0.368. The molecule has 0 fully saturated rings. The smallest absolute Gasteiger partial charge is 0.0661 e. The van der Waals surface area contributed by atoms with Gasteiger partial charge in [-0.1, -0.05) is 59.2 Å². The van der Waals surface area contributed by atoms with E-state index < -0.39 is 0 Å². The molecule has 0 radical (unpaired) electrons. The first-order valence-corrected chi connectivity index (χ1v) is 8.42. The van der Waals surface area contributed by atoms with Crippen molar-refractivity contribution in [3.8, 4) is 0 Å². The summed E-state index contributed by atoms with van der Waals surface area (Å²) in [5.41, 5.74) is 3.21. The molecule has 4 heteroatoms. The van der Waals surface area contributed by atoms with Crippen LogP contribution in [0.25, 0.3) is 0 Å². The maximum absolute atomic E-state index is 6.46. The van der Waals surface area contributed by atoms with Gasteiger partial charge in [-0.2, -0.15) is 0 Å². The Bertz CT molecular complexity index is 818. The molecule has 1 heterocycles. The Morgan fingerprint density at radius 3 is 1.86 bits per heavy atom. The SMILES string of the molecule is Clc1ccc(N2c3ccccc3Sc3ccccc32)c(Cl)c1. The molecule has 22 heavy (non-hydrogen) atoms. The van der Waals surface area contributed by atoms with E-state index in [-0.39, 0.29) is 0 Å². The molecule has 3 aromatic rings. The van der Waals surface area contributed by atoms with Crippen LogP contribution in [0.15, 0.2) is 76.5 Å². The van der Waals surface area contributed by atoms with Crippen molar-refractivity contribution in [3.63, 3.8) is 0 Å². The van der Waals surface area contributed by atoms with E-state index in [1.165, 1.54) is 9.79 Å². The van der Waals surface area contributed by atoms with Gasteiger partial charge in [0.15, 0.2) is 0 Å². The maximum atomic E-state index is 6.46. The predicted molar refractivity (Wildman–Crippen MR) is 95.3 cm³/mol. The molecule has 108 valence electrons. The van der Waals surface area contributed by atoms with Crippen LogP contribution in [0.1, 0.15) is 0 Å². The topological polar surface area (TPSA) is 3.24 Å². The summed E-state index contributed by atoms with van der Waals surface area (Å²) in [6.07, 6.45) is 0. The highest BCUT2D eigenvalue weighted by atomic mass is 35.5. The molecule has 1 aliphatic heterocycles. The number of anilines is 3. The number of hydrogen-bond acceptors (Lipinski definition) is 2. The standard InChI is InChI=1S/C18H11Cl2NS/c19-12-9-10-14(13(20)11-12)21-15-5-1-3-7-17(15)22-18-8-4-2-6-16(18)21/h1-11H. The third-order valence-electron chi connectivity index (χ3n) is 3.58. The lowest BCUT2D eigenvalue weighted by Gasteiger charge is -2.33. The Balaban J connectivity index is 1.98. The summed E-state index contributed by atoms with van der Waals surface area (Å²) in [6.45, 7) is 0. The van der Waals surface area contributed by atoms with Gasteiger partial charge in [0.25, 0.3) is 0 Å². The lowest BCUT2D eigenvalue weighted by atomic mass is 10.2. The maximum Gasteiger partial charge on any atom is 0.0661 e. The first kappa shape index (κ1) is 14.0. The highest BCUT2D eigenvalue weighted by molar-refractivity contribution is 7.99. The summed E-state index contributed by atoms with van der Waals surface area (Å²) < 4.78 is 0. The van der Waals surface area contributed by atoms with Gasteiger partial charge in [0, 0.05) is 14.8 Å². The van der Waals surface area contributed by atoms with E-state index in [0.717, 1.165) is 17.1 Å². The van der Waals surface area contributed by atoms with E-state index >= 15 is 0 Å². The van der Waals surface area contributed by atoms with E-state index in [9.17, 15) is 0 Å². The minimum atomic E-state index is 0.640. The van der Waals surface area contributed by atoms with Gasteiger partial charge in [-0.05, 0) is 42.5 Å². The molecule has 1 nitrogen and oxygen atoms in total. The minimum Gasteiger partial charge on any atom is -0.307 e. The Labute approximate surface area is 143 Å². The van der Waals surface area contributed by atoms with Crippen molar-refractivity contribution >= 4 is 52.0 Å². The number of benzene rings is 3. The minimum absolute atomic E-state index is 0.640. The molecular formula is C18H11Cl2NS. The van der Waals surface area contributed by atoms with Crippen molar-refractivity contribution in [2.45, 2.75) is 9.79 Å². The average molecular weight is 344 g/mol. The van der Waals surface area contributed by atoms with Gasteiger partial charge in [0.05, 0.1) is 22.1 Å².